The molecular weight excluding hydrogens is 296 g/mol. The Morgan fingerprint density at radius 2 is 1.90 bits per heavy atom. The smallest absolute Gasteiger partial charge is 0.159 e. The van der Waals surface area contributed by atoms with Crippen LogP contribution in [0.25, 0.3) is 0 Å². The molecule has 1 aliphatic rings. The third-order valence-electron chi connectivity index (χ3n) is 3.60. The highest BCUT2D eigenvalue weighted by molar-refractivity contribution is 7.91. The second-order valence-corrected chi connectivity index (χ2v) is 7.81. The molecule has 0 atom stereocenters. The van der Waals surface area contributed by atoms with Crippen LogP contribution in [-0.2, 0) is 9.84 Å². The van der Waals surface area contributed by atoms with E-state index in [1.807, 2.05) is 13.8 Å². The van der Waals surface area contributed by atoms with Gasteiger partial charge in [0.05, 0.1) is 22.8 Å². The van der Waals surface area contributed by atoms with Gasteiger partial charge >= 0.3 is 0 Å². The topological polar surface area (TPSA) is 98.0 Å². The molecular formula is C12H18N4O2S2. The van der Waals surface area contributed by atoms with Crippen LogP contribution in [0.15, 0.2) is 0 Å². The summed E-state index contributed by atoms with van der Waals surface area (Å²) in [4.78, 5) is 0.270. The fraction of sp³-hybridized carbons (Fsp3) is 0.583. The number of aryl methyl sites for hydroxylation is 1. The van der Waals surface area contributed by atoms with Gasteiger partial charge in [0.2, 0.25) is 0 Å². The zero-order valence-corrected chi connectivity index (χ0v) is 13.1. The van der Waals surface area contributed by atoms with E-state index in [0.29, 0.717) is 24.2 Å². The predicted molar refractivity (Wildman–Crippen MR) is 82.7 cm³/mol. The molecule has 0 spiro atoms. The standard InChI is InChI=1S/C12H18N4O2S2/c1-7-8(2)15-16-12(10(7)11(13)19)14-9-3-5-20(17,18)6-4-9/h9H,3-6H2,1-2H3,(H2,13,19)(H,14,16). The average Bonchev–Trinajstić information content (AvgIpc) is 2.36. The minimum atomic E-state index is -2.88. The Morgan fingerprint density at radius 3 is 2.45 bits per heavy atom. The molecule has 20 heavy (non-hydrogen) atoms. The van der Waals surface area contributed by atoms with Gasteiger partial charge in [0.1, 0.15) is 14.8 Å². The number of rotatable bonds is 3. The summed E-state index contributed by atoms with van der Waals surface area (Å²) in [6, 6.07) is 0.0584. The van der Waals surface area contributed by atoms with Crippen molar-refractivity contribution >= 4 is 32.9 Å². The van der Waals surface area contributed by atoms with Crippen LogP contribution >= 0.6 is 12.2 Å². The Labute approximate surface area is 124 Å². The molecule has 1 saturated heterocycles. The lowest BCUT2D eigenvalue weighted by molar-refractivity contribution is 0.558. The number of nitrogens with two attached hydrogens (primary N) is 1. The maximum atomic E-state index is 11.4. The molecule has 8 heteroatoms. The van der Waals surface area contributed by atoms with Gasteiger partial charge in [-0.15, -0.1) is 5.10 Å². The van der Waals surface area contributed by atoms with Gasteiger partial charge in [0.25, 0.3) is 0 Å². The lowest BCUT2D eigenvalue weighted by atomic mass is 10.1. The molecule has 0 bridgehead atoms. The minimum Gasteiger partial charge on any atom is -0.389 e. The van der Waals surface area contributed by atoms with Crippen molar-refractivity contribution in [3.63, 3.8) is 0 Å². The van der Waals surface area contributed by atoms with Crippen molar-refractivity contribution in [3.05, 3.63) is 16.8 Å². The van der Waals surface area contributed by atoms with E-state index >= 15 is 0 Å². The number of hydrogen-bond donors (Lipinski definition) is 2. The fourth-order valence-corrected chi connectivity index (χ4v) is 3.98. The third kappa shape index (κ3) is 3.24. The van der Waals surface area contributed by atoms with Gasteiger partial charge in [-0.1, -0.05) is 12.2 Å². The maximum absolute atomic E-state index is 11.4. The van der Waals surface area contributed by atoms with E-state index in [-0.39, 0.29) is 22.5 Å². The van der Waals surface area contributed by atoms with E-state index in [9.17, 15) is 8.42 Å². The van der Waals surface area contributed by atoms with Crippen molar-refractivity contribution in [2.45, 2.75) is 32.7 Å². The lowest BCUT2D eigenvalue weighted by Crippen LogP contribution is -2.33. The molecule has 0 unspecified atom stereocenters. The molecule has 2 rings (SSSR count). The summed E-state index contributed by atoms with van der Waals surface area (Å²) >= 11 is 5.07. The van der Waals surface area contributed by atoms with Crippen LogP contribution in [0.3, 0.4) is 0 Å². The van der Waals surface area contributed by atoms with Gasteiger partial charge < -0.3 is 11.1 Å². The molecule has 0 amide bonds. The average molecular weight is 314 g/mol. The highest BCUT2D eigenvalue weighted by atomic mass is 32.2. The molecule has 1 aromatic heterocycles. The second kappa shape index (κ2) is 5.61. The van der Waals surface area contributed by atoms with E-state index in [1.54, 1.807) is 0 Å². The molecule has 3 N–H and O–H groups in total. The van der Waals surface area contributed by atoms with E-state index < -0.39 is 9.84 Å². The molecule has 110 valence electrons. The van der Waals surface area contributed by atoms with Crippen LogP contribution in [0.2, 0.25) is 0 Å². The van der Waals surface area contributed by atoms with Crippen LogP contribution in [0.1, 0.15) is 29.7 Å². The number of nitrogens with zero attached hydrogens (tertiary/aromatic N) is 2. The van der Waals surface area contributed by atoms with Gasteiger partial charge in [-0.3, -0.25) is 0 Å². The van der Waals surface area contributed by atoms with Crippen LogP contribution in [0.4, 0.5) is 5.82 Å². The van der Waals surface area contributed by atoms with Crippen molar-refractivity contribution in [1.82, 2.24) is 10.2 Å². The van der Waals surface area contributed by atoms with Gasteiger partial charge in [0.15, 0.2) is 5.82 Å². The zero-order chi connectivity index (χ0) is 14.9. The largest absolute Gasteiger partial charge is 0.389 e. The number of sulfone groups is 1. The molecule has 0 saturated carbocycles. The van der Waals surface area contributed by atoms with Crippen LogP contribution in [-0.4, -0.2) is 41.2 Å². The van der Waals surface area contributed by atoms with E-state index in [4.69, 9.17) is 18.0 Å². The summed E-state index contributed by atoms with van der Waals surface area (Å²) in [6.07, 6.45) is 1.13. The third-order valence-corrected chi connectivity index (χ3v) is 5.52. The molecule has 2 heterocycles. The highest BCUT2D eigenvalue weighted by Crippen LogP contribution is 2.22. The summed E-state index contributed by atoms with van der Waals surface area (Å²) in [5.41, 5.74) is 8.14. The van der Waals surface area contributed by atoms with E-state index in [1.165, 1.54) is 0 Å². The van der Waals surface area contributed by atoms with E-state index in [0.717, 1.165) is 11.3 Å². The van der Waals surface area contributed by atoms with Crippen molar-refractivity contribution in [3.8, 4) is 0 Å². The molecule has 1 aliphatic heterocycles. The highest BCUT2D eigenvalue weighted by Gasteiger charge is 2.25. The number of hydrogen-bond acceptors (Lipinski definition) is 6. The van der Waals surface area contributed by atoms with Crippen molar-refractivity contribution < 1.29 is 8.42 Å². The first kappa shape index (κ1) is 15.1. The quantitative estimate of drug-likeness (QED) is 0.793. The fourth-order valence-electron chi connectivity index (χ4n) is 2.24. The monoisotopic (exact) mass is 314 g/mol. The van der Waals surface area contributed by atoms with Gasteiger partial charge in [0, 0.05) is 6.04 Å². The summed E-state index contributed by atoms with van der Waals surface area (Å²) < 4.78 is 22.9. The van der Waals surface area contributed by atoms with Crippen molar-refractivity contribution in [2.75, 3.05) is 16.8 Å². The molecule has 0 aliphatic carbocycles. The first-order chi connectivity index (χ1) is 9.30. The second-order valence-electron chi connectivity index (χ2n) is 5.07. The number of anilines is 1. The summed E-state index contributed by atoms with van der Waals surface area (Å²) in [6.45, 7) is 3.75. The Morgan fingerprint density at radius 1 is 1.30 bits per heavy atom. The van der Waals surface area contributed by atoms with Gasteiger partial charge in [-0.25, -0.2) is 8.42 Å². The first-order valence-corrected chi connectivity index (χ1v) is 8.64. The normalized spacial score (nSPS) is 18.7. The van der Waals surface area contributed by atoms with Crippen molar-refractivity contribution in [1.29, 1.82) is 0 Å². The molecule has 0 radical (unpaired) electrons. The van der Waals surface area contributed by atoms with Crippen LogP contribution in [0, 0.1) is 13.8 Å². The SMILES string of the molecule is Cc1nnc(NC2CCS(=O)(=O)CC2)c(C(N)=S)c1C. The molecule has 1 fully saturated rings. The first-order valence-electron chi connectivity index (χ1n) is 6.41. The Kier molecular flexibility index (Phi) is 4.24. The minimum absolute atomic E-state index is 0.0584. The molecule has 0 aromatic carbocycles. The van der Waals surface area contributed by atoms with E-state index in [2.05, 4.69) is 15.5 Å². The summed E-state index contributed by atoms with van der Waals surface area (Å²) in [7, 11) is -2.88. The Bertz CT molecular complexity index is 629. The summed E-state index contributed by atoms with van der Waals surface area (Å²) in [5.74, 6) is 0.946. The van der Waals surface area contributed by atoms with Crippen LogP contribution < -0.4 is 11.1 Å². The number of nitrogens with one attached hydrogen (secondary N) is 1. The Hall–Kier alpha value is -1.28. The van der Waals surface area contributed by atoms with Crippen molar-refractivity contribution in [2.24, 2.45) is 5.73 Å². The van der Waals surface area contributed by atoms with Crippen LogP contribution in [0.5, 0.6) is 0 Å². The maximum Gasteiger partial charge on any atom is 0.159 e. The predicted octanol–water partition coefficient (Wildman–Crippen LogP) is 0.717. The molecule has 6 nitrogen and oxygen atoms in total. The molecule has 1 aromatic rings. The lowest BCUT2D eigenvalue weighted by Gasteiger charge is -2.24. The number of thiocarbonyl (C=S) groups is 1. The summed E-state index contributed by atoms with van der Waals surface area (Å²) in [5, 5.41) is 11.4. The Balaban J connectivity index is 2.22. The zero-order valence-electron chi connectivity index (χ0n) is 11.5. The number of aromatic nitrogens is 2. The van der Waals surface area contributed by atoms with Gasteiger partial charge in [-0.2, -0.15) is 5.10 Å². The van der Waals surface area contributed by atoms with Gasteiger partial charge in [-0.05, 0) is 32.3 Å².